The van der Waals surface area contributed by atoms with Crippen molar-refractivity contribution in [3.05, 3.63) is 102 Å². The molecule has 0 aliphatic carbocycles. The van der Waals surface area contributed by atoms with Crippen molar-refractivity contribution in [2.75, 3.05) is 7.11 Å². The Morgan fingerprint density at radius 1 is 1.00 bits per heavy atom. The number of benzene rings is 3. The van der Waals surface area contributed by atoms with Crippen molar-refractivity contribution in [3.63, 3.8) is 0 Å². The van der Waals surface area contributed by atoms with E-state index in [-0.39, 0.29) is 12.4 Å². The maximum atomic E-state index is 13.7. The van der Waals surface area contributed by atoms with E-state index in [0.29, 0.717) is 16.9 Å². The Balaban J connectivity index is 1.86. The summed E-state index contributed by atoms with van der Waals surface area (Å²) in [4.78, 5) is 12.6. The van der Waals surface area contributed by atoms with Crippen molar-refractivity contribution in [3.8, 4) is 5.75 Å². The summed E-state index contributed by atoms with van der Waals surface area (Å²) in [6.07, 6.45) is -0.788. The molecule has 3 aromatic carbocycles. The molecule has 4 N–H and O–H groups in total. The zero-order valence-corrected chi connectivity index (χ0v) is 18.3. The number of nitrogen functional groups attached to an aromatic ring is 1. The summed E-state index contributed by atoms with van der Waals surface area (Å²) >= 11 is 0. The molecule has 2 unspecified atom stereocenters. The number of carbonyl (C=O) groups is 1. The van der Waals surface area contributed by atoms with Crippen LogP contribution in [0.25, 0.3) is 0 Å². The van der Waals surface area contributed by atoms with Gasteiger partial charge in [0, 0.05) is 12.7 Å². The van der Waals surface area contributed by atoms with Gasteiger partial charge in [-0.1, -0.05) is 72.8 Å². The van der Waals surface area contributed by atoms with Crippen LogP contribution in [0.1, 0.15) is 22.5 Å². The third-order valence-corrected chi connectivity index (χ3v) is 6.59. The van der Waals surface area contributed by atoms with E-state index < -0.39 is 19.5 Å². The molecular weight excluding hydrogens is 429 g/mol. The first-order valence-corrected chi connectivity index (χ1v) is 11.3. The zero-order chi connectivity index (χ0) is 23.0. The number of carbonyl (C=O) groups excluding carboxylic acids is 1. The van der Waals surface area contributed by atoms with Gasteiger partial charge < -0.3 is 24.8 Å². The lowest BCUT2D eigenvalue weighted by molar-refractivity contribution is 0.137. The maximum Gasteiger partial charge on any atom is 0.408 e. The number of amidine groups is 1. The van der Waals surface area contributed by atoms with Gasteiger partial charge in [0.2, 0.25) is 0 Å². The number of hydrogen-bond acceptors (Lipinski definition) is 6. The maximum absolute atomic E-state index is 13.7. The third kappa shape index (κ3) is 5.97. The van der Waals surface area contributed by atoms with Crippen molar-refractivity contribution < 1.29 is 23.1 Å². The van der Waals surface area contributed by atoms with Gasteiger partial charge in [0.1, 0.15) is 18.2 Å². The van der Waals surface area contributed by atoms with Crippen molar-refractivity contribution in [1.82, 2.24) is 5.32 Å². The van der Waals surface area contributed by atoms with Gasteiger partial charge >= 0.3 is 13.7 Å². The van der Waals surface area contributed by atoms with Gasteiger partial charge in [-0.15, -0.1) is 0 Å². The molecule has 3 aromatic rings. The lowest BCUT2D eigenvalue weighted by atomic mass is 10.1. The molecule has 166 valence electrons. The Labute approximate surface area is 186 Å². The second-order valence-electron chi connectivity index (χ2n) is 6.77. The molecule has 0 aromatic heterocycles. The highest BCUT2D eigenvalue weighted by molar-refractivity contribution is 7.54. The Hall–Kier alpha value is -3.61. The number of nitrogens with one attached hydrogen (secondary N) is 2. The fourth-order valence-corrected chi connectivity index (χ4v) is 4.50. The first kappa shape index (κ1) is 23.1. The van der Waals surface area contributed by atoms with E-state index in [9.17, 15) is 9.36 Å². The van der Waals surface area contributed by atoms with Crippen LogP contribution in [0.4, 0.5) is 4.79 Å². The molecular formula is C23H24N3O5P. The van der Waals surface area contributed by atoms with E-state index >= 15 is 0 Å². The average Bonchev–Trinajstić information content (AvgIpc) is 2.82. The molecule has 0 heterocycles. The van der Waals surface area contributed by atoms with E-state index in [1.807, 2.05) is 30.3 Å². The zero-order valence-electron chi connectivity index (χ0n) is 17.4. The molecule has 0 bridgehead atoms. The van der Waals surface area contributed by atoms with Crippen LogP contribution in [0.5, 0.6) is 5.75 Å². The summed E-state index contributed by atoms with van der Waals surface area (Å²) in [6, 6.07) is 24.1. The molecule has 1 amide bonds. The lowest BCUT2D eigenvalue weighted by Crippen LogP contribution is -2.30. The molecule has 0 saturated heterocycles. The topological polar surface area (TPSA) is 124 Å². The van der Waals surface area contributed by atoms with Crippen molar-refractivity contribution >= 4 is 19.5 Å². The van der Waals surface area contributed by atoms with Crippen LogP contribution in [0.3, 0.4) is 0 Å². The predicted molar refractivity (Wildman–Crippen MR) is 122 cm³/mol. The van der Waals surface area contributed by atoms with Crippen LogP contribution in [-0.4, -0.2) is 19.0 Å². The largest absolute Gasteiger partial charge is 0.445 e. The van der Waals surface area contributed by atoms with E-state index in [2.05, 4.69) is 5.32 Å². The lowest BCUT2D eigenvalue weighted by Gasteiger charge is -2.27. The van der Waals surface area contributed by atoms with Gasteiger partial charge in [0.05, 0.1) is 0 Å². The summed E-state index contributed by atoms with van der Waals surface area (Å²) in [5.41, 5.74) is 7.24. The Bertz CT molecular complexity index is 1090. The van der Waals surface area contributed by atoms with Crippen LogP contribution in [0, 0.1) is 5.41 Å². The SMILES string of the molecule is COP(=O)(Oc1ccccc1)C(NC(=O)OCc1ccccc1)c1ccc(C(=N)N)cc1. The van der Waals surface area contributed by atoms with Gasteiger partial charge in [0.25, 0.3) is 0 Å². The quantitative estimate of drug-likeness (QED) is 0.243. The summed E-state index contributed by atoms with van der Waals surface area (Å²) in [5.74, 6) is -0.960. The molecule has 32 heavy (non-hydrogen) atoms. The number of amides is 1. The highest BCUT2D eigenvalue weighted by Gasteiger charge is 2.39. The Morgan fingerprint density at radius 3 is 2.16 bits per heavy atom. The molecule has 0 aliphatic heterocycles. The second kappa shape index (κ2) is 10.6. The van der Waals surface area contributed by atoms with Gasteiger partial charge in [0.15, 0.2) is 5.78 Å². The molecule has 0 fully saturated rings. The number of ether oxygens (including phenoxy) is 1. The molecule has 8 nitrogen and oxygen atoms in total. The first-order chi connectivity index (χ1) is 15.4. The molecule has 0 aliphatic rings. The van der Waals surface area contributed by atoms with E-state index in [4.69, 9.17) is 24.9 Å². The van der Waals surface area contributed by atoms with Crippen LogP contribution in [0.2, 0.25) is 0 Å². The second-order valence-corrected chi connectivity index (χ2v) is 8.91. The Kier molecular flexibility index (Phi) is 7.65. The van der Waals surface area contributed by atoms with Crippen LogP contribution in [0.15, 0.2) is 84.9 Å². The van der Waals surface area contributed by atoms with Gasteiger partial charge in [-0.3, -0.25) is 5.41 Å². The van der Waals surface area contributed by atoms with E-state index in [0.717, 1.165) is 5.56 Å². The summed E-state index contributed by atoms with van der Waals surface area (Å²) in [7, 11) is -2.69. The first-order valence-electron chi connectivity index (χ1n) is 9.73. The van der Waals surface area contributed by atoms with Crippen LogP contribution in [-0.2, 0) is 20.4 Å². The number of nitrogens with two attached hydrogens (primary N) is 1. The van der Waals surface area contributed by atoms with E-state index in [1.54, 1.807) is 54.6 Å². The number of alkyl carbamates (subject to hydrolysis) is 1. The van der Waals surface area contributed by atoms with Crippen molar-refractivity contribution in [2.24, 2.45) is 5.73 Å². The Morgan fingerprint density at radius 2 is 1.59 bits per heavy atom. The normalized spacial score (nSPS) is 13.4. The summed E-state index contributed by atoms with van der Waals surface area (Å²) in [5, 5.41) is 10.2. The highest BCUT2D eigenvalue weighted by Crippen LogP contribution is 2.58. The summed E-state index contributed by atoms with van der Waals surface area (Å²) in [6.45, 7) is 0.0412. The van der Waals surface area contributed by atoms with Crippen LogP contribution >= 0.6 is 7.60 Å². The minimum atomic E-state index is -3.94. The fourth-order valence-electron chi connectivity index (χ4n) is 2.89. The molecule has 0 spiro atoms. The summed E-state index contributed by atoms with van der Waals surface area (Å²) < 4.78 is 30.0. The third-order valence-electron chi connectivity index (χ3n) is 4.55. The minimum Gasteiger partial charge on any atom is -0.445 e. The average molecular weight is 453 g/mol. The molecule has 0 radical (unpaired) electrons. The monoisotopic (exact) mass is 453 g/mol. The number of rotatable bonds is 9. The molecule has 9 heteroatoms. The minimum absolute atomic E-state index is 0.0412. The van der Waals surface area contributed by atoms with Gasteiger partial charge in [-0.25, -0.2) is 9.36 Å². The van der Waals surface area contributed by atoms with E-state index in [1.165, 1.54) is 7.11 Å². The molecule has 2 atom stereocenters. The standard InChI is InChI=1S/C23H24N3O5P/c1-29-32(28,31-20-10-6-3-7-11-20)22(19-14-12-18(13-15-19)21(24)25)26-23(27)30-16-17-8-4-2-5-9-17/h2-15,22H,16H2,1H3,(H3,24,25)(H,26,27). The van der Waals surface area contributed by atoms with Crippen molar-refractivity contribution in [1.29, 1.82) is 5.41 Å². The van der Waals surface area contributed by atoms with Gasteiger partial charge in [-0.2, -0.15) is 0 Å². The fraction of sp³-hybridized carbons (Fsp3) is 0.130. The van der Waals surface area contributed by atoms with Gasteiger partial charge in [-0.05, 0) is 23.3 Å². The number of para-hydroxylation sites is 1. The smallest absolute Gasteiger partial charge is 0.408 e. The highest BCUT2D eigenvalue weighted by atomic mass is 31.2. The molecule has 3 rings (SSSR count). The molecule has 0 saturated carbocycles. The van der Waals surface area contributed by atoms with Crippen LogP contribution < -0.4 is 15.6 Å². The number of hydrogen-bond donors (Lipinski definition) is 3. The van der Waals surface area contributed by atoms with Crippen molar-refractivity contribution in [2.45, 2.75) is 12.4 Å². The predicted octanol–water partition coefficient (Wildman–Crippen LogP) is 4.81.